The molecule has 4 rings (SSSR count). The van der Waals surface area contributed by atoms with E-state index in [2.05, 4.69) is 20.5 Å². The molecule has 0 unspecified atom stereocenters. The number of alkyl halides is 3. The van der Waals surface area contributed by atoms with Crippen LogP contribution in [-0.4, -0.2) is 43.0 Å². The van der Waals surface area contributed by atoms with Crippen LogP contribution in [-0.2, 0) is 15.7 Å². The Bertz CT molecular complexity index is 1380. The molecule has 2 aromatic carbocycles. The number of ether oxygens (including phenoxy) is 1. The van der Waals surface area contributed by atoms with Gasteiger partial charge in [0.15, 0.2) is 12.4 Å². The second kappa shape index (κ2) is 10.0. The van der Waals surface area contributed by atoms with Gasteiger partial charge < -0.3 is 10.1 Å². The minimum absolute atomic E-state index is 0.00160. The van der Waals surface area contributed by atoms with Gasteiger partial charge in [-0.2, -0.15) is 18.3 Å². The van der Waals surface area contributed by atoms with E-state index in [1.807, 2.05) is 13.8 Å². The molecule has 0 fully saturated rings. The molecule has 0 spiro atoms. The predicted molar refractivity (Wildman–Crippen MR) is 123 cm³/mol. The lowest BCUT2D eigenvalue weighted by molar-refractivity contribution is -0.137. The minimum atomic E-state index is -4.57. The molecule has 12 heteroatoms. The molecule has 0 saturated heterocycles. The lowest BCUT2D eigenvalue weighted by Crippen LogP contribution is -2.23. The minimum Gasteiger partial charge on any atom is -0.450 e. The van der Waals surface area contributed by atoms with E-state index in [9.17, 15) is 22.8 Å². The van der Waals surface area contributed by atoms with Crippen LogP contribution in [0.2, 0.25) is 0 Å². The van der Waals surface area contributed by atoms with Gasteiger partial charge in [0.1, 0.15) is 5.82 Å². The summed E-state index contributed by atoms with van der Waals surface area (Å²) in [6, 6.07) is 14.6. The average molecular weight is 498 g/mol. The summed E-state index contributed by atoms with van der Waals surface area (Å²) in [5.74, 6) is -1.46. The molecule has 2 aromatic heterocycles. The standard InChI is InChI=1S/C24H21F3N6O3/c1-15(2)32-19(11-12-28-32)29-20(34)14-36-23(35)21-30-22(16-7-4-3-5-8-16)33(31-21)18-10-6-9-17(13-18)24(25,26)27/h3-13,15H,14H2,1-2H3,(H,29,34). The average Bonchev–Trinajstić information content (AvgIpc) is 3.50. The van der Waals surface area contributed by atoms with Crippen LogP contribution in [0.1, 0.15) is 36.1 Å². The first kappa shape index (κ1) is 24.6. The maximum atomic E-state index is 13.3. The lowest BCUT2D eigenvalue weighted by atomic mass is 10.2. The highest BCUT2D eigenvalue weighted by Gasteiger charge is 2.31. The molecule has 0 aliphatic rings. The summed E-state index contributed by atoms with van der Waals surface area (Å²) >= 11 is 0. The highest BCUT2D eigenvalue weighted by molar-refractivity contribution is 5.94. The lowest BCUT2D eigenvalue weighted by Gasteiger charge is -2.11. The van der Waals surface area contributed by atoms with E-state index in [0.29, 0.717) is 11.4 Å². The van der Waals surface area contributed by atoms with Crippen LogP contribution in [0.4, 0.5) is 19.0 Å². The van der Waals surface area contributed by atoms with E-state index >= 15 is 0 Å². The van der Waals surface area contributed by atoms with Gasteiger partial charge in [0, 0.05) is 17.7 Å². The fourth-order valence-electron chi connectivity index (χ4n) is 3.37. The zero-order valence-electron chi connectivity index (χ0n) is 19.2. The molecule has 186 valence electrons. The fraction of sp³-hybridized carbons (Fsp3) is 0.208. The van der Waals surface area contributed by atoms with Crippen molar-refractivity contribution in [2.75, 3.05) is 11.9 Å². The Morgan fingerprint density at radius 2 is 1.81 bits per heavy atom. The van der Waals surface area contributed by atoms with Gasteiger partial charge in [-0.3, -0.25) is 4.79 Å². The molecule has 0 bridgehead atoms. The van der Waals surface area contributed by atoms with E-state index in [1.165, 1.54) is 18.3 Å². The van der Waals surface area contributed by atoms with Crippen LogP contribution in [0.5, 0.6) is 0 Å². The second-order valence-electron chi connectivity index (χ2n) is 7.96. The third kappa shape index (κ3) is 5.43. The third-order valence-electron chi connectivity index (χ3n) is 5.00. The molecule has 4 aromatic rings. The SMILES string of the molecule is CC(C)n1nccc1NC(=O)COC(=O)c1nc(-c2ccccc2)n(-c2cccc(C(F)(F)F)c2)n1. The Balaban J connectivity index is 1.57. The molecule has 0 atom stereocenters. The molecule has 0 aliphatic carbocycles. The zero-order valence-corrected chi connectivity index (χ0v) is 19.2. The number of esters is 1. The van der Waals surface area contributed by atoms with Crippen molar-refractivity contribution in [3.05, 3.63) is 78.2 Å². The summed E-state index contributed by atoms with van der Waals surface area (Å²) in [6.45, 7) is 3.15. The van der Waals surface area contributed by atoms with E-state index in [0.717, 1.165) is 16.8 Å². The monoisotopic (exact) mass is 498 g/mol. The zero-order chi connectivity index (χ0) is 25.9. The van der Waals surface area contributed by atoms with Crippen LogP contribution in [0.3, 0.4) is 0 Å². The van der Waals surface area contributed by atoms with E-state index in [-0.39, 0.29) is 17.6 Å². The summed E-state index contributed by atoms with van der Waals surface area (Å²) in [5, 5.41) is 10.8. The molecular weight excluding hydrogens is 477 g/mol. The highest BCUT2D eigenvalue weighted by Crippen LogP contribution is 2.31. The first-order valence-corrected chi connectivity index (χ1v) is 10.8. The van der Waals surface area contributed by atoms with Crippen LogP contribution in [0.15, 0.2) is 66.9 Å². The normalized spacial score (nSPS) is 11.5. The molecule has 1 N–H and O–H groups in total. The number of hydrogen-bond donors (Lipinski definition) is 1. The van der Waals surface area contributed by atoms with Gasteiger partial charge in [0.25, 0.3) is 11.7 Å². The summed E-state index contributed by atoms with van der Waals surface area (Å²) in [5.41, 5.74) is -0.313. The smallest absolute Gasteiger partial charge is 0.416 e. The van der Waals surface area contributed by atoms with Crippen LogP contribution >= 0.6 is 0 Å². The number of aromatic nitrogens is 5. The first-order valence-electron chi connectivity index (χ1n) is 10.8. The molecule has 0 aliphatic heterocycles. The maximum Gasteiger partial charge on any atom is 0.416 e. The van der Waals surface area contributed by atoms with Crippen molar-refractivity contribution < 1.29 is 27.5 Å². The van der Waals surface area contributed by atoms with Gasteiger partial charge in [-0.25, -0.2) is 19.1 Å². The van der Waals surface area contributed by atoms with Gasteiger partial charge in [-0.15, -0.1) is 5.10 Å². The van der Waals surface area contributed by atoms with Gasteiger partial charge in [0.2, 0.25) is 0 Å². The van der Waals surface area contributed by atoms with Crippen molar-refractivity contribution in [3.8, 4) is 17.1 Å². The summed E-state index contributed by atoms with van der Waals surface area (Å²) in [6.07, 6.45) is -3.04. The molecule has 0 radical (unpaired) electrons. The van der Waals surface area contributed by atoms with Crippen molar-refractivity contribution in [1.82, 2.24) is 24.5 Å². The van der Waals surface area contributed by atoms with Crippen molar-refractivity contribution in [3.63, 3.8) is 0 Å². The molecule has 2 heterocycles. The molecule has 9 nitrogen and oxygen atoms in total. The Morgan fingerprint density at radius 1 is 1.06 bits per heavy atom. The maximum absolute atomic E-state index is 13.3. The number of nitrogens with one attached hydrogen (secondary N) is 1. The van der Waals surface area contributed by atoms with E-state index in [1.54, 1.807) is 41.1 Å². The number of amides is 1. The van der Waals surface area contributed by atoms with Crippen LogP contribution < -0.4 is 5.32 Å². The topological polar surface area (TPSA) is 104 Å². The van der Waals surface area contributed by atoms with Crippen LogP contribution in [0.25, 0.3) is 17.1 Å². The largest absolute Gasteiger partial charge is 0.450 e. The fourth-order valence-corrected chi connectivity index (χ4v) is 3.37. The van der Waals surface area contributed by atoms with Crippen LogP contribution in [0, 0.1) is 0 Å². The quantitative estimate of drug-likeness (QED) is 0.376. The van der Waals surface area contributed by atoms with Gasteiger partial charge in [0.05, 0.1) is 17.4 Å². The van der Waals surface area contributed by atoms with Crippen molar-refractivity contribution in [1.29, 1.82) is 0 Å². The highest BCUT2D eigenvalue weighted by atomic mass is 19.4. The Labute approximate surface area is 203 Å². The van der Waals surface area contributed by atoms with E-state index in [4.69, 9.17) is 4.74 Å². The van der Waals surface area contributed by atoms with Crippen molar-refractivity contribution >= 4 is 17.7 Å². The number of benzene rings is 2. The number of hydrogen-bond acceptors (Lipinski definition) is 6. The Hall–Kier alpha value is -4.48. The van der Waals surface area contributed by atoms with E-state index < -0.39 is 36.0 Å². The molecule has 1 amide bonds. The molecule has 0 saturated carbocycles. The number of rotatable bonds is 7. The number of nitrogens with zero attached hydrogens (tertiary/aromatic N) is 5. The number of anilines is 1. The number of carbonyl (C=O) groups is 2. The Morgan fingerprint density at radius 3 is 2.50 bits per heavy atom. The molecular formula is C24H21F3N6O3. The predicted octanol–water partition coefficient (Wildman–Crippen LogP) is 4.53. The first-order chi connectivity index (χ1) is 17.1. The second-order valence-corrected chi connectivity index (χ2v) is 7.96. The summed E-state index contributed by atoms with van der Waals surface area (Å²) in [4.78, 5) is 29.1. The number of carbonyl (C=O) groups excluding carboxylic acids is 2. The van der Waals surface area contributed by atoms with Gasteiger partial charge in [-0.1, -0.05) is 36.4 Å². The van der Waals surface area contributed by atoms with Gasteiger partial charge >= 0.3 is 12.1 Å². The number of halogens is 3. The van der Waals surface area contributed by atoms with Crippen molar-refractivity contribution in [2.45, 2.75) is 26.1 Å². The summed E-state index contributed by atoms with van der Waals surface area (Å²) in [7, 11) is 0. The van der Waals surface area contributed by atoms with Gasteiger partial charge in [-0.05, 0) is 32.0 Å². The molecule has 36 heavy (non-hydrogen) atoms. The summed E-state index contributed by atoms with van der Waals surface area (Å²) < 4.78 is 47.5. The third-order valence-corrected chi connectivity index (χ3v) is 5.00. The Kier molecular flexibility index (Phi) is 6.86. The van der Waals surface area contributed by atoms with Crippen molar-refractivity contribution in [2.24, 2.45) is 0 Å².